The van der Waals surface area contributed by atoms with Gasteiger partial charge in [-0.1, -0.05) is 11.8 Å². The first-order valence-corrected chi connectivity index (χ1v) is 16.3. The number of hydrogen-bond donors (Lipinski definition) is 2. The second-order valence-electron chi connectivity index (χ2n) is 12.4. The van der Waals surface area contributed by atoms with Gasteiger partial charge in [0, 0.05) is 48.5 Å². The third kappa shape index (κ3) is 5.72. The Balaban J connectivity index is 0.986. The number of rotatable bonds is 6. The van der Waals surface area contributed by atoms with Crippen LogP contribution in [0.1, 0.15) is 58.5 Å². The average Bonchev–Trinajstić information content (AvgIpc) is 3.82. The number of anilines is 2. The second-order valence-corrected chi connectivity index (χ2v) is 13.3. The summed E-state index contributed by atoms with van der Waals surface area (Å²) in [5.41, 5.74) is 2.49. The molecule has 49 heavy (non-hydrogen) atoms. The maximum atomic E-state index is 13.5. The van der Waals surface area contributed by atoms with Crippen molar-refractivity contribution in [2.24, 2.45) is 5.92 Å². The van der Waals surface area contributed by atoms with Crippen molar-refractivity contribution in [2.45, 2.75) is 38.3 Å². The van der Waals surface area contributed by atoms with Crippen LogP contribution < -0.4 is 15.5 Å². The normalized spacial score (nSPS) is 17.5. The highest BCUT2D eigenvalue weighted by atomic mass is 32.1. The lowest BCUT2D eigenvalue weighted by Gasteiger charge is -2.38. The predicted molar refractivity (Wildman–Crippen MR) is 178 cm³/mol. The van der Waals surface area contributed by atoms with Gasteiger partial charge in [0.2, 0.25) is 11.8 Å². The van der Waals surface area contributed by atoms with Crippen molar-refractivity contribution in [1.82, 2.24) is 25.0 Å². The number of hydrogen-bond acceptors (Lipinski definition) is 10. The van der Waals surface area contributed by atoms with Crippen LogP contribution in [0.5, 0.6) is 0 Å². The molecule has 2 saturated heterocycles. The van der Waals surface area contributed by atoms with Crippen molar-refractivity contribution in [1.29, 1.82) is 5.26 Å². The number of nitrogens with one attached hydrogen (secondary N) is 2. The van der Waals surface area contributed by atoms with Crippen molar-refractivity contribution >= 4 is 52.2 Å². The van der Waals surface area contributed by atoms with Crippen LogP contribution in [0.2, 0.25) is 0 Å². The van der Waals surface area contributed by atoms with Gasteiger partial charge in [-0.2, -0.15) is 10.4 Å². The molecule has 5 heterocycles. The van der Waals surface area contributed by atoms with Gasteiger partial charge >= 0.3 is 0 Å². The molecule has 3 aliphatic heterocycles. The summed E-state index contributed by atoms with van der Waals surface area (Å²) in [4.78, 5) is 70.9. The molecular formula is C35H28N8O5S. The Morgan fingerprint density at radius 3 is 2.57 bits per heavy atom. The van der Waals surface area contributed by atoms with E-state index in [2.05, 4.69) is 38.6 Å². The number of nitrogens with zero attached hydrogens (tertiary/aromatic N) is 6. The monoisotopic (exact) mass is 672 g/mol. The molecule has 14 heteroatoms. The molecule has 2 N–H and O–H groups in total. The number of nitriles is 1. The van der Waals surface area contributed by atoms with Gasteiger partial charge in [0.25, 0.3) is 17.7 Å². The summed E-state index contributed by atoms with van der Waals surface area (Å²) >= 11 is 1.41. The Hall–Kier alpha value is -6.12. The van der Waals surface area contributed by atoms with Gasteiger partial charge in [-0.3, -0.25) is 38.9 Å². The standard InChI is InChI=1S/C35H28N8O5S/c1-35(2,34(48)39-27-8-5-20(15-36)13-26(27)31-37-11-12-49-31)42-19-21(16-38-42)3-4-22-17-41(18-22)23-6-7-24-25(14-23)33(47)43(32(24)46)28-9-10-29(44)40-30(28)45/h5-8,11-14,16,19,22,28H,9-10,17-18H2,1-2H3,(H,39,48)(H,40,44,45). The maximum absolute atomic E-state index is 13.5. The molecule has 0 spiro atoms. The molecule has 3 aliphatic rings. The van der Waals surface area contributed by atoms with Crippen molar-refractivity contribution in [3.05, 3.63) is 82.6 Å². The molecule has 0 aliphatic carbocycles. The lowest BCUT2D eigenvalue weighted by molar-refractivity contribution is -0.136. The number of aromatic nitrogens is 3. The molecule has 2 aromatic carbocycles. The Labute approximate surface area is 284 Å². The van der Waals surface area contributed by atoms with Gasteiger partial charge in [0.1, 0.15) is 16.6 Å². The van der Waals surface area contributed by atoms with Crippen LogP contribution in [0, 0.1) is 29.1 Å². The number of piperidine rings is 1. The summed E-state index contributed by atoms with van der Waals surface area (Å²) in [6, 6.07) is 11.2. The molecule has 7 rings (SSSR count). The van der Waals surface area contributed by atoms with Crippen LogP contribution in [0.3, 0.4) is 0 Å². The SMILES string of the molecule is CC(C)(C(=O)Nc1ccc(C#N)cc1-c1nccs1)n1cc(C#CC2CN(c3ccc4c(c3)C(=O)N(C3CCC(=O)NC3=O)C4=O)C2)cn1. The number of carbonyl (C=O) groups excluding carboxylic acids is 5. The van der Waals surface area contributed by atoms with Gasteiger partial charge in [0.15, 0.2) is 0 Å². The van der Waals surface area contributed by atoms with Gasteiger partial charge in [-0.05, 0) is 56.7 Å². The minimum Gasteiger partial charge on any atom is -0.369 e. The first-order chi connectivity index (χ1) is 23.5. The van der Waals surface area contributed by atoms with Crippen LogP contribution in [0.15, 0.2) is 60.4 Å². The molecule has 2 aromatic heterocycles. The molecule has 2 fully saturated rings. The number of fused-ring (bicyclic) bond motifs is 1. The zero-order chi connectivity index (χ0) is 34.4. The maximum Gasteiger partial charge on any atom is 0.262 e. The Morgan fingerprint density at radius 2 is 1.84 bits per heavy atom. The largest absolute Gasteiger partial charge is 0.369 e. The van der Waals surface area contributed by atoms with Crippen LogP contribution in [-0.2, 0) is 19.9 Å². The smallest absolute Gasteiger partial charge is 0.262 e. The zero-order valence-corrected chi connectivity index (χ0v) is 27.2. The Kier molecular flexibility index (Phi) is 7.81. The molecular weight excluding hydrogens is 645 g/mol. The van der Waals surface area contributed by atoms with Crippen molar-refractivity contribution in [3.63, 3.8) is 0 Å². The molecule has 0 bridgehead atoms. The summed E-state index contributed by atoms with van der Waals surface area (Å²) < 4.78 is 1.56. The van der Waals surface area contributed by atoms with E-state index in [-0.39, 0.29) is 35.8 Å². The fourth-order valence-electron chi connectivity index (χ4n) is 5.95. The molecule has 1 unspecified atom stereocenters. The highest BCUT2D eigenvalue weighted by Gasteiger charge is 2.45. The highest BCUT2D eigenvalue weighted by molar-refractivity contribution is 7.13. The molecule has 1 atom stereocenters. The first-order valence-electron chi connectivity index (χ1n) is 15.5. The van der Waals surface area contributed by atoms with Crippen molar-refractivity contribution in [3.8, 4) is 28.5 Å². The number of benzene rings is 2. The minimum absolute atomic E-state index is 0.0471. The zero-order valence-electron chi connectivity index (χ0n) is 26.4. The topological polar surface area (TPSA) is 170 Å². The number of imide groups is 2. The lowest BCUT2D eigenvalue weighted by atomic mass is 9.98. The lowest BCUT2D eigenvalue weighted by Crippen LogP contribution is -2.54. The van der Waals surface area contributed by atoms with E-state index in [0.29, 0.717) is 40.5 Å². The Bertz CT molecular complexity index is 2160. The average molecular weight is 673 g/mol. The van der Waals surface area contributed by atoms with Gasteiger partial charge in [-0.25, -0.2) is 4.98 Å². The summed E-state index contributed by atoms with van der Waals surface area (Å²) in [7, 11) is 0. The van der Waals surface area contributed by atoms with Gasteiger partial charge < -0.3 is 10.2 Å². The van der Waals surface area contributed by atoms with Crippen molar-refractivity contribution < 1.29 is 24.0 Å². The quantitative estimate of drug-likeness (QED) is 0.231. The molecule has 0 radical (unpaired) electrons. The molecule has 0 saturated carbocycles. The summed E-state index contributed by atoms with van der Waals surface area (Å²) in [6.07, 6.45) is 5.17. The van der Waals surface area contributed by atoms with E-state index >= 15 is 0 Å². The fraction of sp³-hybridized carbons (Fsp3) is 0.257. The van der Waals surface area contributed by atoms with E-state index in [1.54, 1.807) is 73.5 Å². The van der Waals surface area contributed by atoms with E-state index in [9.17, 15) is 29.2 Å². The van der Waals surface area contributed by atoms with Crippen LogP contribution in [-0.4, -0.2) is 68.3 Å². The fourth-order valence-corrected chi connectivity index (χ4v) is 6.62. The second kappa shape index (κ2) is 12.2. The predicted octanol–water partition coefficient (Wildman–Crippen LogP) is 3.14. The summed E-state index contributed by atoms with van der Waals surface area (Å²) in [5.74, 6) is 4.00. The van der Waals surface area contributed by atoms with Gasteiger partial charge in [0.05, 0.1) is 46.1 Å². The van der Waals surface area contributed by atoms with Crippen molar-refractivity contribution in [2.75, 3.05) is 23.3 Å². The molecule has 4 aromatic rings. The number of carbonyl (C=O) groups is 5. The van der Waals surface area contributed by atoms with E-state index in [0.717, 1.165) is 10.6 Å². The Morgan fingerprint density at radius 1 is 1.04 bits per heavy atom. The van der Waals surface area contributed by atoms with E-state index in [1.165, 1.54) is 11.3 Å². The van der Waals surface area contributed by atoms with Crippen LogP contribution >= 0.6 is 11.3 Å². The van der Waals surface area contributed by atoms with Crippen LogP contribution in [0.25, 0.3) is 10.6 Å². The third-order valence-electron chi connectivity index (χ3n) is 8.86. The molecule has 13 nitrogen and oxygen atoms in total. The van der Waals surface area contributed by atoms with Gasteiger partial charge in [-0.15, -0.1) is 11.3 Å². The van der Waals surface area contributed by atoms with E-state index in [4.69, 9.17) is 0 Å². The highest BCUT2D eigenvalue weighted by Crippen LogP contribution is 2.34. The van der Waals surface area contributed by atoms with E-state index in [1.807, 2.05) is 10.3 Å². The number of thiazole rings is 1. The molecule has 5 amide bonds. The number of amides is 5. The summed E-state index contributed by atoms with van der Waals surface area (Å²) in [5, 5.41) is 21.5. The van der Waals surface area contributed by atoms with E-state index < -0.39 is 35.2 Å². The molecule has 244 valence electrons. The minimum atomic E-state index is -1.07. The summed E-state index contributed by atoms with van der Waals surface area (Å²) in [6.45, 7) is 4.72. The first kappa shape index (κ1) is 31.5. The van der Waals surface area contributed by atoms with Crippen LogP contribution in [0.4, 0.5) is 11.4 Å². The third-order valence-corrected chi connectivity index (χ3v) is 9.67.